The lowest BCUT2D eigenvalue weighted by Gasteiger charge is -2.35. The van der Waals surface area contributed by atoms with Crippen molar-refractivity contribution in [3.05, 3.63) is 50.9 Å². The summed E-state index contributed by atoms with van der Waals surface area (Å²) >= 11 is 6.88. The molecule has 26 heavy (non-hydrogen) atoms. The van der Waals surface area contributed by atoms with E-state index in [2.05, 4.69) is 60.1 Å². The van der Waals surface area contributed by atoms with Crippen LogP contribution in [0.4, 0.5) is 11.4 Å². The molecule has 1 aliphatic heterocycles. The normalized spacial score (nSPS) is 15.0. The van der Waals surface area contributed by atoms with Gasteiger partial charge >= 0.3 is 0 Å². The number of methoxy groups -OCH3 is 1. The second kappa shape index (κ2) is 8.41. The number of carbonyl (C=O) groups excluding carboxylic acids is 1. The van der Waals surface area contributed by atoms with Crippen molar-refractivity contribution in [3.8, 4) is 5.75 Å². The molecule has 0 radical (unpaired) electrons. The molecule has 0 spiro atoms. The molecular weight excluding hydrogens is 462 g/mol. The smallest absolute Gasteiger partial charge is 0.259 e. The lowest BCUT2D eigenvalue weighted by Crippen LogP contribution is -2.44. The van der Waals surface area contributed by atoms with Gasteiger partial charge in [-0.25, -0.2) is 0 Å². The molecular formula is C19H21Br2N3O2. The SMILES string of the molecule is COc1c(Br)cc(Br)cc1C(=O)Nc1ccccc1N1CCN(C)CC1. The minimum absolute atomic E-state index is 0.203. The molecule has 0 bridgehead atoms. The molecule has 0 unspecified atom stereocenters. The summed E-state index contributed by atoms with van der Waals surface area (Å²) in [6, 6.07) is 11.5. The van der Waals surface area contributed by atoms with Gasteiger partial charge in [0.25, 0.3) is 5.91 Å². The van der Waals surface area contributed by atoms with Crippen LogP contribution in [0, 0.1) is 0 Å². The Bertz CT molecular complexity index is 805. The summed E-state index contributed by atoms with van der Waals surface area (Å²) < 4.78 is 6.94. The van der Waals surface area contributed by atoms with Gasteiger partial charge in [0.05, 0.1) is 28.5 Å². The number of carbonyl (C=O) groups is 1. The molecule has 138 valence electrons. The lowest BCUT2D eigenvalue weighted by atomic mass is 10.1. The van der Waals surface area contributed by atoms with Crippen LogP contribution >= 0.6 is 31.9 Å². The highest BCUT2D eigenvalue weighted by molar-refractivity contribution is 9.11. The van der Waals surface area contributed by atoms with Crippen molar-refractivity contribution < 1.29 is 9.53 Å². The molecule has 1 fully saturated rings. The third-order valence-electron chi connectivity index (χ3n) is 4.45. The van der Waals surface area contributed by atoms with E-state index in [4.69, 9.17) is 4.74 Å². The molecule has 2 aromatic carbocycles. The molecule has 0 aromatic heterocycles. The van der Waals surface area contributed by atoms with Crippen molar-refractivity contribution in [2.75, 3.05) is 50.6 Å². The number of para-hydroxylation sites is 2. The number of rotatable bonds is 4. The fourth-order valence-corrected chi connectivity index (χ4v) is 4.42. The largest absolute Gasteiger partial charge is 0.495 e. The van der Waals surface area contributed by atoms with E-state index in [0.717, 1.165) is 46.5 Å². The van der Waals surface area contributed by atoms with Crippen molar-refractivity contribution >= 4 is 49.1 Å². The molecule has 1 amide bonds. The average molecular weight is 483 g/mol. The van der Waals surface area contributed by atoms with Crippen LogP contribution in [0.1, 0.15) is 10.4 Å². The van der Waals surface area contributed by atoms with Crippen LogP contribution < -0.4 is 15.0 Å². The summed E-state index contributed by atoms with van der Waals surface area (Å²) in [5.41, 5.74) is 2.32. The van der Waals surface area contributed by atoms with E-state index in [0.29, 0.717) is 11.3 Å². The van der Waals surface area contributed by atoms with Crippen LogP contribution in [0.15, 0.2) is 45.3 Å². The number of piperazine rings is 1. The fraction of sp³-hybridized carbons (Fsp3) is 0.316. The van der Waals surface area contributed by atoms with Crippen molar-refractivity contribution in [2.45, 2.75) is 0 Å². The quantitative estimate of drug-likeness (QED) is 0.708. The van der Waals surface area contributed by atoms with Gasteiger partial charge in [0, 0.05) is 30.7 Å². The number of benzene rings is 2. The number of amides is 1. The van der Waals surface area contributed by atoms with Crippen LogP contribution in [-0.4, -0.2) is 51.1 Å². The summed E-state index contributed by atoms with van der Waals surface area (Å²) in [4.78, 5) is 17.5. The Balaban J connectivity index is 1.87. The maximum atomic E-state index is 12.9. The van der Waals surface area contributed by atoms with E-state index in [1.54, 1.807) is 13.2 Å². The topological polar surface area (TPSA) is 44.8 Å². The number of nitrogens with zero attached hydrogens (tertiary/aromatic N) is 2. The number of nitrogens with one attached hydrogen (secondary N) is 1. The van der Waals surface area contributed by atoms with Gasteiger partial charge in [0.1, 0.15) is 5.75 Å². The molecule has 0 atom stereocenters. The molecule has 5 nitrogen and oxygen atoms in total. The Morgan fingerprint density at radius 3 is 2.50 bits per heavy atom. The van der Waals surface area contributed by atoms with Crippen LogP contribution in [0.2, 0.25) is 0 Å². The predicted molar refractivity (Wildman–Crippen MR) is 112 cm³/mol. The monoisotopic (exact) mass is 481 g/mol. The first kappa shape index (κ1) is 19.2. The first-order valence-corrected chi connectivity index (χ1v) is 9.95. The van der Waals surface area contributed by atoms with E-state index in [1.807, 2.05) is 24.3 Å². The van der Waals surface area contributed by atoms with Crippen LogP contribution in [0.3, 0.4) is 0 Å². The predicted octanol–water partition coefficient (Wildman–Crippen LogP) is 4.22. The minimum Gasteiger partial charge on any atom is -0.495 e. The van der Waals surface area contributed by atoms with Gasteiger partial charge in [-0.05, 0) is 47.2 Å². The molecule has 1 heterocycles. The summed E-state index contributed by atoms with van der Waals surface area (Å²) in [5.74, 6) is 0.313. The van der Waals surface area contributed by atoms with Gasteiger partial charge in [0.15, 0.2) is 0 Å². The first-order chi connectivity index (χ1) is 12.5. The molecule has 3 rings (SSSR count). The number of hydrogen-bond donors (Lipinski definition) is 1. The number of hydrogen-bond acceptors (Lipinski definition) is 4. The van der Waals surface area contributed by atoms with Crippen molar-refractivity contribution in [3.63, 3.8) is 0 Å². The van der Waals surface area contributed by atoms with Crippen LogP contribution in [0.5, 0.6) is 5.75 Å². The molecule has 1 N–H and O–H groups in total. The lowest BCUT2D eigenvalue weighted by molar-refractivity contribution is 0.102. The van der Waals surface area contributed by atoms with E-state index >= 15 is 0 Å². The highest BCUT2D eigenvalue weighted by Gasteiger charge is 2.20. The maximum absolute atomic E-state index is 12.9. The van der Waals surface area contributed by atoms with Crippen molar-refractivity contribution in [2.24, 2.45) is 0 Å². The first-order valence-electron chi connectivity index (χ1n) is 8.36. The number of anilines is 2. The third-order valence-corrected chi connectivity index (χ3v) is 5.50. The third kappa shape index (κ3) is 4.22. The molecule has 7 heteroatoms. The standard InChI is InChI=1S/C19H21Br2N3O2/c1-23-7-9-24(10-8-23)17-6-4-3-5-16(17)22-19(25)14-11-13(20)12-15(21)18(14)26-2/h3-6,11-12H,7-10H2,1-2H3,(H,22,25). The number of halogens is 2. The molecule has 1 saturated heterocycles. The number of ether oxygens (including phenoxy) is 1. The molecule has 0 aliphatic carbocycles. The Hall–Kier alpha value is -1.57. The molecule has 1 aliphatic rings. The van der Waals surface area contributed by atoms with E-state index in [9.17, 15) is 4.79 Å². The Morgan fingerprint density at radius 1 is 1.12 bits per heavy atom. The van der Waals surface area contributed by atoms with Gasteiger partial charge in [-0.2, -0.15) is 0 Å². The van der Waals surface area contributed by atoms with Gasteiger partial charge in [-0.3, -0.25) is 4.79 Å². The highest BCUT2D eigenvalue weighted by Crippen LogP contribution is 2.34. The Kier molecular flexibility index (Phi) is 6.21. The second-order valence-corrected chi connectivity index (χ2v) is 8.00. The fourth-order valence-electron chi connectivity index (χ4n) is 3.03. The number of likely N-dealkylation sites (N-methyl/N-ethyl adjacent to an activating group) is 1. The second-order valence-electron chi connectivity index (χ2n) is 6.23. The zero-order valence-corrected chi connectivity index (χ0v) is 17.9. The van der Waals surface area contributed by atoms with Crippen LogP contribution in [-0.2, 0) is 0 Å². The zero-order chi connectivity index (χ0) is 18.7. The summed E-state index contributed by atoms with van der Waals surface area (Å²) in [6.07, 6.45) is 0. The van der Waals surface area contributed by atoms with Crippen molar-refractivity contribution in [1.82, 2.24) is 4.90 Å². The average Bonchev–Trinajstić information content (AvgIpc) is 2.62. The van der Waals surface area contributed by atoms with Crippen molar-refractivity contribution in [1.29, 1.82) is 0 Å². The minimum atomic E-state index is -0.203. The summed E-state index contributed by atoms with van der Waals surface area (Å²) in [5, 5.41) is 3.05. The maximum Gasteiger partial charge on any atom is 0.259 e. The van der Waals surface area contributed by atoms with Gasteiger partial charge in [0.2, 0.25) is 0 Å². The summed E-state index contributed by atoms with van der Waals surface area (Å²) in [6.45, 7) is 3.90. The Labute approximate surface area is 170 Å². The van der Waals surface area contributed by atoms with Crippen LogP contribution in [0.25, 0.3) is 0 Å². The highest BCUT2D eigenvalue weighted by atomic mass is 79.9. The molecule has 0 saturated carbocycles. The zero-order valence-electron chi connectivity index (χ0n) is 14.8. The van der Waals surface area contributed by atoms with Gasteiger partial charge in [-0.1, -0.05) is 28.1 Å². The Morgan fingerprint density at radius 2 is 1.81 bits per heavy atom. The summed E-state index contributed by atoms with van der Waals surface area (Å²) in [7, 11) is 3.69. The van der Waals surface area contributed by atoms with Gasteiger partial charge < -0.3 is 19.9 Å². The van der Waals surface area contributed by atoms with E-state index in [-0.39, 0.29) is 5.91 Å². The van der Waals surface area contributed by atoms with Gasteiger partial charge in [-0.15, -0.1) is 0 Å². The molecule has 2 aromatic rings. The van der Waals surface area contributed by atoms with E-state index in [1.165, 1.54) is 0 Å². The van der Waals surface area contributed by atoms with E-state index < -0.39 is 0 Å².